The fourth-order valence-corrected chi connectivity index (χ4v) is 3.13. The van der Waals surface area contributed by atoms with Gasteiger partial charge in [0.1, 0.15) is 11.2 Å². The lowest BCUT2D eigenvalue weighted by molar-refractivity contribution is 0.0673. The number of aromatic amines is 1. The first-order chi connectivity index (χ1) is 10.7. The Kier molecular flexibility index (Phi) is 4.57. The van der Waals surface area contributed by atoms with Gasteiger partial charge in [-0.15, -0.1) is 0 Å². The van der Waals surface area contributed by atoms with Crippen LogP contribution in [0.2, 0.25) is 0 Å². The monoisotopic (exact) mass is 304 g/mol. The van der Waals surface area contributed by atoms with Gasteiger partial charge < -0.3 is 9.72 Å². The molecule has 1 N–H and O–H groups in total. The van der Waals surface area contributed by atoms with E-state index in [0.29, 0.717) is 11.3 Å². The van der Waals surface area contributed by atoms with Crippen LogP contribution in [0, 0.1) is 5.92 Å². The lowest BCUT2D eigenvalue weighted by Gasteiger charge is -2.22. The lowest BCUT2D eigenvalue weighted by Crippen LogP contribution is -2.22. The van der Waals surface area contributed by atoms with Gasteiger partial charge in [0, 0.05) is 19.6 Å². The molecular formula is C16H24N4O2. The van der Waals surface area contributed by atoms with Crippen molar-refractivity contribution in [1.82, 2.24) is 19.7 Å². The van der Waals surface area contributed by atoms with Crippen molar-refractivity contribution in [3.05, 3.63) is 22.4 Å². The molecule has 3 rings (SSSR count). The van der Waals surface area contributed by atoms with E-state index in [1.807, 2.05) is 4.68 Å². The van der Waals surface area contributed by atoms with Crippen LogP contribution in [0.3, 0.4) is 0 Å². The molecular weight excluding hydrogens is 280 g/mol. The molecule has 6 heteroatoms. The summed E-state index contributed by atoms with van der Waals surface area (Å²) in [6, 6.07) is 0.279. The van der Waals surface area contributed by atoms with E-state index in [1.165, 1.54) is 0 Å². The summed E-state index contributed by atoms with van der Waals surface area (Å²) in [6.45, 7) is 5.85. The van der Waals surface area contributed by atoms with Crippen LogP contribution in [0.5, 0.6) is 0 Å². The Morgan fingerprint density at radius 1 is 1.36 bits per heavy atom. The molecule has 1 aliphatic heterocycles. The zero-order chi connectivity index (χ0) is 15.5. The van der Waals surface area contributed by atoms with Crippen molar-refractivity contribution in [3.63, 3.8) is 0 Å². The average molecular weight is 304 g/mol. The smallest absolute Gasteiger partial charge is 0.262 e. The van der Waals surface area contributed by atoms with E-state index in [0.717, 1.165) is 56.8 Å². The third-order valence-corrected chi connectivity index (χ3v) is 4.69. The number of hydrogen-bond donors (Lipinski definition) is 1. The summed E-state index contributed by atoms with van der Waals surface area (Å²) in [5.41, 5.74) is 0.640. The Morgan fingerprint density at radius 2 is 2.09 bits per heavy atom. The van der Waals surface area contributed by atoms with E-state index >= 15 is 0 Å². The van der Waals surface area contributed by atoms with Crippen LogP contribution >= 0.6 is 0 Å². The molecule has 3 heterocycles. The summed E-state index contributed by atoms with van der Waals surface area (Å²) in [7, 11) is 0. The standard InChI is InChI=1S/C16H24N4O2/c1-3-11(4-2)9-14-18-15-13(16(21)19-14)10-17-20(15)12-5-7-22-8-6-12/h10-12H,3-9H2,1-2H3,(H,18,19,21). The third-order valence-electron chi connectivity index (χ3n) is 4.69. The largest absolute Gasteiger partial charge is 0.381 e. The summed E-state index contributed by atoms with van der Waals surface area (Å²) in [4.78, 5) is 19.9. The fraction of sp³-hybridized carbons (Fsp3) is 0.688. The molecule has 0 spiro atoms. The summed E-state index contributed by atoms with van der Waals surface area (Å²) in [6.07, 6.45) is 6.49. The molecule has 6 nitrogen and oxygen atoms in total. The summed E-state index contributed by atoms with van der Waals surface area (Å²) < 4.78 is 7.33. The minimum Gasteiger partial charge on any atom is -0.381 e. The van der Waals surface area contributed by atoms with Gasteiger partial charge >= 0.3 is 0 Å². The Morgan fingerprint density at radius 3 is 2.77 bits per heavy atom. The number of rotatable bonds is 5. The van der Waals surface area contributed by atoms with E-state index < -0.39 is 0 Å². The Balaban J connectivity index is 1.97. The SMILES string of the molecule is CCC(CC)Cc1nc2c(cnn2C2CCOCC2)c(=O)[nH]1. The molecule has 1 saturated heterocycles. The van der Waals surface area contributed by atoms with Crippen LogP contribution < -0.4 is 5.56 Å². The van der Waals surface area contributed by atoms with Crippen LogP contribution in [-0.2, 0) is 11.2 Å². The molecule has 0 unspecified atom stereocenters. The van der Waals surface area contributed by atoms with E-state index in [-0.39, 0.29) is 11.6 Å². The van der Waals surface area contributed by atoms with Gasteiger partial charge in [-0.25, -0.2) is 9.67 Å². The number of aromatic nitrogens is 4. The number of H-pyrrole nitrogens is 1. The van der Waals surface area contributed by atoms with E-state index in [1.54, 1.807) is 6.20 Å². The van der Waals surface area contributed by atoms with Crippen LogP contribution in [0.1, 0.15) is 51.4 Å². The minimum atomic E-state index is -0.0794. The van der Waals surface area contributed by atoms with Gasteiger partial charge in [0.2, 0.25) is 0 Å². The molecule has 2 aromatic heterocycles. The van der Waals surface area contributed by atoms with Gasteiger partial charge in [-0.1, -0.05) is 26.7 Å². The topological polar surface area (TPSA) is 72.8 Å². The van der Waals surface area contributed by atoms with Crippen molar-refractivity contribution in [2.45, 2.75) is 52.0 Å². The molecule has 120 valence electrons. The minimum absolute atomic E-state index is 0.0794. The molecule has 0 amide bonds. The van der Waals surface area contributed by atoms with Crippen molar-refractivity contribution >= 4 is 11.0 Å². The molecule has 0 aliphatic carbocycles. The fourth-order valence-electron chi connectivity index (χ4n) is 3.13. The zero-order valence-corrected chi connectivity index (χ0v) is 13.3. The molecule has 0 saturated carbocycles. The number of hydrogen-bond acceptors (Lipinski definition) is 4. The molecule has 0 aromatic carbocycles. The average Bonchev–Trinajstić information content (AvgIpc) is 2.98. The first-order valence-electron chi connectivity index (χ1n) is 8.27. The Labute approximate surface area is 129 Å². The highest BCUT2D eigenvalue weighted by atomic mass is 16.5. The predicted molar refractivity (Wildman–Crippen MR) is 85.0 cm³/mol. The molecule has 22 heavy (non-hydrogen) atoms. The Bertz CT molecular complexity index is 681. The molecule has 0 radical (unpaired) electrons. The molecule has 0 bridgehead atoms. The summed E-state index contributed by atoms with van der Waals surface area (Å²) in [5.74, 6) is 1.33. The van der Waals surface area contributed by atoms with Crippen molar-refractivity contribution in [3.8, 4) is 0 Å². The van der Waals surface area contributed by atoms with E-state index in [9.17, 15) is 4.79 Å². The summed E-state index contributed by atoms with van der Waals surface area (Å²) in [5, 5.41) is 5.00. The number of ether oxygens (including phenoxy) is 1. The van der Waals surface area contributed by atoms with Gasteiger partial charge in [0.25, 0.3) is 5.56 Å². The van der Waals surface area contributed by atoms with Gasteiger partial charge in [-0.3, -0.25) is 4.79 Å². The van der Waals surface area contributed by atoms with E-state index in [4.69, 9.17) is 9.72 Å². The molecule has 2 aromatic rings. The first kappa shape index (κ1) is 15.2. The van der Waals surface area contributed by atoms with Gasteiger partial charge in [0.15, 0.2) is 5.65 Å². The van der Waals surface area contributed by atoms with Crippen molar-refractivity contribution in [1.29, 1.82) is 0 Å². The molecule has 1 fully saturated rings. The molecule has 0 atom stereocenters. The summed E-state index contributed by atoms with van der Waals surface area (Å²) >= 11 is 0. The maximum Gasteiger partial charge on any atom is 0.262 e. The van der Waals surface area contributed by atoms with E-state index in [2.05, 4.69) is 23.9 Å². The second-order valence-corrected chi connectivity index (χ2v) is 6.07. The van der Waals surface area contributed by atoms with Crippen molar-refractivity contribution in [2.75, 3.05) is 13.2 Å². The maximum atomic E-state index is 12.3. The number of fused-ring (bicyclic) bond motifs is 1. The number of nitrogens with one attached hydrogen (secondary N) is 1. The van der Waals surface area contributed by atoms with Crippen LogP contribution in [0.25, 0.3) is 11.0 Å². The van der Waals surface area contributed by atoms with Gasteiger partial charge in [-0.05, 0) is 18.8 Å². The normalized spacial score (nSPS) is 16.7. The Hall–Kier alpha value is -1.69. The van der Waals surface area contributed by atoms with Crippen LogP contribution in [0.15, 0.2) is 11.0 Å². The highest BCUT2D eigenvalue weighted by Gasteiger charge is 2.20. The van der Waals surface area contributed by atoms with Crippen molar-refractivity contribution < 1.29 is 4.74 Å². The third kappa shape index (κ3) is 2.92. The highest BCUT2D eigenvalue weighted by Crippen LogP contribution is 2.23. The van der Waals surface area contributed by atoms with Crippen LogP contribution in [0.4, 0.5) is 0 Å². The van der Waals surface area contributed by atoms with Gasteiger partial charge in [0.05, 0.1) is 12.2 Å². The highest BCUT2D eigenvalue weighted by molar-refractivity contribution is 5.73. The van der Waals surface area contributed by atoms with Crippen LogP contribution in [-0.4, -0.2) is 33.0 Å². The molecule has 1 aliphatic rings. The predicted octanol–water partition coefficient (Wildman–Crippen LogP) is 2.45. The van der Waals surface area contributed by atoms with Crippen molar-refractivity contribution in [2.24, 2.45) is 5.92 Å². The first-order valence-corrected chi connectivity index (χ1v) is 8.27. The zero-order valence-electron chi connectivity index (χ0n) is 13.3. The van der Waals surface area contributed by atoms with Gasteiger partial charge in [-0.2, -0.15) is 5.10 Å². The second-order valence-electron chi connectivity index (χ2n) is 6.07. The second kappa shape index (κ2) is 6.60. The maximum absolute atomic E-state index is 12.3. The quantitative estimate of drug-likeness (QED) is 0.921. The number of nitrogens with zero attached hydrogens (tertiary/aromatic N) is 3. The lowest BCUT2D eigenvalue weighted by atomic mass is 9.99.